The van der Waals surface area contributed by atoms with Crippen LogP contribution >= 0.6 is 0 Å². The lowest BCUT2D eigenvalue weighted by Gasteiger charge is -2.30. The van der Waals surface area contributed by atoms with Gasteiger partial charge in [0.1, 0.15) is 6.04 Å². The molecular weight excluding hydrogens is 224 g/mol. The summed E-state index contributed by atoms with van der Waals surface area (Å²) in [5.74, 6) is 0.364. The molecule has 0 radical (unpaired) electrons. The molecule has 1 aliphatic rings. The number of carboxylic acids is 1. The van der Waals surface area contributed by atoms with Crippen LogP contribution in [0.25, 0.3) is 0 Å². The maximum Gasteiger partial charge on any atom is 0.322 e. The highest BCUT2D eigenvalue weighted by Gasteiger charge is 2.27. The van der Waals surface area contributed by atoms with E-state index < -0.39 is 12.0 Å². The van der Waals surface area contributed by atoms with E-state index in [2.05, 4.69) is 15.5 Å². The molecule has 1 aromatic rings. The Labute approximate surface area is 98.8 Å². The van der Waals surface area contributed by atoms with Crippen molar-refractivity contribution in [3.8, 4) is 0 Å². The molecule has 7 nitrogen and oxygen atoms in total. The lowest BCUT2D eigenvalue weighted by atomic mass is 10.2. The molecule has 17 heavy (non-hydrogen) atoms. The van der Waals surface area contributed by atoms with Crippen molar-refractivity contribution in [1.29, 1.82) is 0 Å². The topological polar surface area (TPSA) is 91.5 Å². The zero-order chi connectivity index (χ0) is 12.4. The molecule has 0 spiro atoms. The van der Waals surface area contributed by atoms with Gasteiger partial charge in [0.15, 0.2) is 0 Å². The van der Waals surface area contributed by atoms with Crippen molar-refractivity contribution < 1.29 is 14.4 Å². The number of nitrogens with zero attached hydrogens (tertiary/aromatic N) is 3. The third-order valence-corrected chi connectivity index (χ3v) is 2.68. The summed E-state index contributed by atoms with van der Waals surface area (Å²) in [5.41, 5.74) is 0. The Kier molecular flexibility index (Phi) is 3.28. The highest BCUT2D eigenvalue weighted by atomic mass is 16.5. The number of piperazine rings is 1. The second-order valence-corrected chi connectivity index (χ2v) is 4.38. The van der Waals surface area contributed by atoms with Crippen LogP contribution in [0.2, 0.25) is 0 Å². The molecule has 1 saturated heterocycles. The van der Waals surface area contributed by atoms with E-state index >= 15 is 0 Å². The Morgan fingerprint density at radius 2 is 2.41 bits per heavy atom. The second-order valence-electron chi connectivity index (χ2n) is 4.38. The van der Waals surface area contributed by atoms with E-state index in [1.807, 2.05) is 18.7 Å². The molecule has 1 atom stereocenters. The molecule has 0 bridgehead atoms. The Hall–Kier alpha value is -1.63. The van der Waals surface area contributed by atoms with Gasteiger partial charge in [-0.3, -0.25) is 4.79 Å². The van der Waals surface area contributed by atoms with Gasteiger partial charge in [0, 0.05) is 25.6 Å². The van der Waals surface area contributed by atoms with Crippen molar-refractivity contribution >= 4 is 11.9 Å². The quantitative estimate of drug-likeness (QED) is 0.771. The molecule has 1 aliphatic heterocycles. The molecule has 0 saturated carbocycles. The fourth-order valence-electron chi connectivity index (χ4n) is 1.69. The molecule has 1 fully saturated rings. The molecule has 0 aromatic carbocycles. The maximum absolute atomic E-state index is 10.9. The van der Waals surface area contributed by atoms with Gasteiger partial charge in [-0.05, 0) is 5.16 Å². The van der Waals surface area contributed by atoms with Gasteiger partial charge in [0.25, 0.3) is 5.95 Å². The highest BCUT2D eigenvalue weighted by molar-refractivity contribution is 5.74. The zero-order valence-electron chi connectivity index (χ0n) is 9.88. The van der Waals surface area contributed by atoms with Crippen LogP contribution < -0.4 is 10.2 Å². The second kappa shape index (κ2) is 4.70. The number of anilines is 1. The van der Waals surface area contributed by atoms with Crippen LogP contribution in [-0.2, 0) is 4.79 Å². The number of rotatable bonds is 3. The average Bonchev–Trinajstić information content (AvgIpc) is 2.78. The fourth-order valence-corrected chi connectivity index (χ4v) is 1.69. The number of hydrogen-bond acceptors (Lipinski definition) is 6. The monoisotopic (exact) mass is 240 g/mol. The minimum absolute atomic E-state index is 0.175. The van der Waals surface area contributed by atoms with Crippen molar-refractivity contribution in [3.63, 3.8) is 0 Å². The molecule has 2 N–H and O–H groups in total. The van der Waals surface area contributed by atoms with Crippen molar-refractivity contribution in [2.75, 3.05) is 24.5 Å². The van der Waals surface area contributed by atoms with E-state index in [0.717, 1.165) is 0 Å². The molecule has 1 aromatic heterocycles. The minimum Gasteiger partial charge on any atom is -0.480 e. The Morgan fingerprint density at radius 3 is 3.00 bits per heavy atom. The van der Waals surface area contributed by atoms with E-state index in [1.54, 1.807) is 0 Å². The summed E-state index contributed by atoms with van der Waals surface area (Å²) in [6.07, 6.45) is 0. The standard InChI is InChI=1S/C10H16N4O3/c1-6(2)8-12-10(13-17-8)14-4-3-11-7(5-14)9(15)16/h6-7,11H,3-5H2,1-2H3,(H,15,16)/t7-/m0/s1. The molecule has 0 aliphatic carbocycles. The van der Waals surface area contributed by atoms with Crippen LogP contribution in [0.4, 0.5) is 5.95 Å². The van der Waals surface area contributed by atoms with Crippen LogP contribution in [-0.4, -0.2) is 46.9 Å². The normalized spacial score (nSPS) is 20.9. The van der Waals surface area contributed by atoms with Gasteiger partial charge in [-0.25, -0.2) is 0 Å². The summed E-state index contributed by atoms with van der Waals surface area (Å²) in [6, 6.07) is -0.579. The Bertz CT molecular complexity index is 404. The minimum atomic E-state index is -0.859. The molecule has 94 valence electrons. The van der Waals surface area contributed by atoms with Crippen molar-refractivity contribution in [3.05, 3.63) is 5.89 Å². The lowest BCUT2D eigenvalue weighted by molar-refractivity contribution is -0.139. The predicted octanol–water partition coefficient (Wildman–Crippen LogP) is 0.0558. The highest BCUT2D eigenvalue weighted by Crippen LogP contribution is 2.17. The largest absolute Gasteiger partial charge is 0.480 e. The molecule has 7 heteroatoms. The predicted molar refractivity (Wildman–Crippen MR) is 60.0 cm³/mol. The number of carboxylic acid groups (broad SMARTS) is 1. The first-order valence-corrected chi connectivity index (χ1v) is 5.62. The van der Waals surface area contributed by atoms with Gasteiger partial charge in [-0.1, -0.05) is 13.8 Å². The molecule has 2 heterocycles. The van der Waals surface area contributed by atoms with Gasteiger partial charge in [0.2, 0.25) is 5.89 Å². The average molecular weight is 240 g/mol. The van der Waals surface area contributed by atoms with E-state index in [9.17, 15) is 4.79 Å². The Morgan fingerprint density at radius 1 is 1.65 bits per heavy atom. The van der Waals surface area contributed by atoms with E-state index in [1.165, 1.54) is 0 Å². The maximum atomic E-state index is 10.9. The number of aliphatic carboxylic acids is 1. The summed E-state index contributed by atoms with van der Waals surface area (Å²) < 4.78 is 5.10. The van der Waals surface area contributed by atoms with Gasteiger partial charge < -0.3 is 19.8 Å². The van der Waals surface area contributed by atoms with Crippen molar-refractivity contribution in [1.82, 2.24) is 15.5 Å². The van der Waals surface area contributed by atoms with Gasteiger partial charge in [-0.15, -0.1) is 0 Å². The molecule has 0 amide bonds. The van der Waals surface area contributed by atoms with E-state index in [0.29, 0.717) is 31.5 Å². The zero-order valence-corrected chi connectivity index (χ0v) is 9.88. The number of nitrogens with one attached hydrogen (secondary N) is 1. The fraction of sp³-hybridized carbons (Fsp3) is 0.700. The number of hydrogen-bond donors (Lipinski definition) is 2. The summed E-state index contributed by atoms with van der Waals surface area (Å²) in [4.78, 5) is 17.0. The van der Waals surface area contributed by atoms with Crippen LogP contribution in [0, 0.1) is 0 Å². The van der Waals surface area contributed by atoms with E-state index in [4.69, 9.17) is 9.63 Å². The first kappa shape index (κ1) is 11.8. The van der Waals surface area contributed by atoms with Crippen LogP contribution in [0.5, 0.6) is 0 Å². The van der Waals surface area contributed by atoms with E-state index in [-0.39, 0.29) is 5.92 Å². The lowest BCUT2D eigenvalue weighted by Crippen LogP contribution is -2.54. The van der Waals surface area contributed by atoms with Crippen LogP contribution in [0.3, 0.4) is 0 Å². The Balaban J connectivity index is 2.08. The van der Waals surface area contributed by atoms with Crippen molar-refractivity contribution in [2.45, 2.75) is 25.8 Å². The molecular formula is C10H16N4O3. The summed E-state index contributed by atoms with van der Waals surface area (Å²) in [6.45, 7) is 5.57. The third-order valence-electron chi connectivity index (χ3n) is 2.68. The van der Waals surface area contributed by atoms with Crippen LogP contribution in [0.1, 0.15) is 25.7 Å². The smallest absolute Gasteiger partial charge is 0.322 e. The molecule has 2 rings (SSSR count). The third kappa shape index (κ3) is 2.55. The number of aromatic nitrogens is 2. The first-order valence-electron chi connectivity index (χ1n) is 5.62. The SMILES string of the molecule is CC(C)c1nc(N2CCN[C@H](C(=O)O)C2)no1. The number of carbonyl (C=O) groups is 1. The summed E-state index contributed by atoms with van der Waals surface area (Å²) in [5, 5.41) is 15.7. The van der Waals surface area contributed by atoms with Crippen molar-refractivity contribution in [2.24, 2.45) is 0 Å². The van der Waals surface area contributed by atoms with Gasteiger partial charge in [0.05, 0.1) is 0 Å². The first-order chi connectivity index (χ1) is 8.08. The summed E-state index contributed by atoms with van der Waals surface area (Å²) >= 11 is 0. The van der Waals surface area contributed by atoms with Crippen LogP contribution in [0.15, 0.2) is 4.52 Å². The van der Waals surface area contributed by atoms with Gasteiger partial charge in [-0.2, -0.15) is 4.98 Å². The molecule has 0 unspecified atom stereocenters. The summed E-state index contributed by atoms with van der Waals surface area (Å²) in [7, 11) is 0. The van der Waals surface area contributed by atoms with Gasteiger partial charge >= 0.3 is 5.97 Å².